The standard InChI is InChI=1S/C24H17BN2O2/c25-15-27-22-20-13-7-5-11-18(20)17-10-4-6-12-19(17)21(22)26-23(27)24(28)29-14-16-8-2-1-3-9-16/h1-13H,14-15H2. The van der Waals surface area contributed by atoms with E-state index in [2.05, 4.69) is 17.1 Å². The van der Waals surface area contributed by atoms with E-state index >= 15 is 0 Å². The smallest absolute Gasteiger partial charge is 0.374 e. The number of nitrogens with zero attached hydrogens (tertiary/aromatic N) is 2. The maximum absolute atomic E-state index is 12.9. The Bertz CT molecular complexity index is 1360. The molecule has 5 heteroatoms. The molecule has 1 heterocycles. The summed E-state index contributed by atoms with van der Waals surface area (Å²) >= 11 is 0. The van der Waals surface area contributed by atoms with Gasteiger partial charge in [-0.25, -0.2) is 9.78 Å². The summed E-state index contributed by atoms with van der Waals surface area (Å²) < 4.78 is 7.28. The van der Waals surface area contributed by atoms with Gasteiger partial charge in [-0.15, -0.1) is 0 Å². The molecule has 0 spiro atoms. The molecule has 5 aromatic rings. The van der Waals surface area contributed by atoms with Crippen molar-refractivity contribution in [1.82, 2.24) is 9.55 Å². The SMILES string of the molecule is [B]Cn1c(C(=O)OCc2ccccc2)nc2c3ccccc3c3ccccc3c21. The molecule has 4 nitrogen and oxygen atoms in total. The Morgan fingerprint density at radius 3 is 2.10 bits per heavy atom. The third kappa shape index (κ3) is 2.86. The number of fused-ring (bicyclic) bond motifs is 6. The van der Waals surface area contributed by atoms with Gasteiger partial charge in [0.25, 0.3) is 0 Å². The van der Waals surface area contributed by atoms with Crippen molar-refractivity contribution < 1.29 is 9.53 Å². The number of rotatable bonds is 4. The highest BCUT2D eigenvalue weighted by molar-refractivity contribution is 6.24. The number of carbonyl (C=O) groups excluding carboxylic acids is 1. The summed E-state index contributed by atoms with van der Waals surface area (Å²) in [4.78, 5) is 17.6. The van der Waals surface area contributed by atoms with E-state index in [9.17, 15) is 4.79 Å². The van der Waals surface area contributed by atoms with E-state index in [1.54, 1.807) is 4.57 Å². The number of carbonyl (C=O) groups is 1. The normalized spacial score (nSPS) is 11.3. The molecule has 0 aliphatic rings. The Balaban J connectivity index is 1.70. The number of hydrogen-bond acceptors (Lipinski definition) is 3. The molecule has 0 N–H and O–H groups in total. The largest absolute Gasteiger partial charge is 0.455 e. The van der Waals surface area contributed by atoms with Gasteiger partial charge < -0.3 is 9.30 Å². The lowest BCUT2D eigenvalue weighted by atomic mass is 9.99. The number of ether oxygens (including phenoxy) is 1. The van der Waals surface area contributed by atoms with Gasteiger partial charge >= 0.3 is 5.97 Å². The second-order valence-corrected chi connectivity index (χ2v) is 6.90. The fourth-order valence-corrected chi connectivity index (χ4v) is 3.88. The van der Waals surface area contributed by atoms with Crippen molar-refractivity contribution in [2.45, 2.75) is 13.1 Å². The van der Waals surface area contributed by atoms with E-state index in [-0.39, 0.29) is 18.9 Å². The molecule has 0 bridgehead atoms. The topological polar surface area (TPSA) is 44.1 Å². The molecule has 138 valence electrons. The summed E-state index contributed by atoms with van der Waals surface area (Å²) in [6, 6.07) is 25.8. The summed E-state index contributed by atoms with van der Waals surface area (Å²) in [5.41, 5.74) is 2.54. The number of esters is 1. The van der Waals surface area contributed by atoms with Crippen LogP contribution in [0.3, 0.4) is 0 Å². The highest BCUT2D eigenvalue weighted by Crippen LogP contribution is 2.35. The molecule has 4 aromatic carbocycles. The van der Waals surface area contributed by atoms with E-state index in [4.69, 9.17) is 12.6 Å². The fraction of sp³-hybridized carbons (Fsp3) is 0.0833. The van der Waals surface area contributed by atoms with Crippen molar-refractivity contribution in [3.8, 4) is 0 Å². The molecule has 0 atom stereocenters. The van der Waals surface area contributed by atoms with Crippen molar-refractivity contribution >= 4 is 46.4 Å². The van der Waals surface area contributed by atoms with Crippen LogP contribution in [0.5, 0.6) is 0 Å². The fourth-order valence-electron chi connectivity index (χ4n) is 3.88. The summed E-state index contributed by atoms with van der Waals surface area (Å²) in [7, 11) is 6.06. The molecule has 0 aliphatic heterocycles. The van der Waals surface area contributed by atoms with Crippen LogP contribution in [0, 0.1) is 0 Å². The van der Waals surface area contributed by atoms with Crippen molar-refractivity contribution in [1.29, 1.82) is 0 Å². The van der Waals surface area contributed by atoms with Crippen LogP contribution in [0.1, 0.15) is 16.2 Å². The molecule has 5 rings (SSSR count). The third-order valence-electron chi connectivity index (χ3n) is 5.20. The van der Waals surface area contributed by atoms with E-state index < -0.39 is 5.97 Å². The number of imidazole rings is 1. The molecule has 0 saturated heterocycles. The van der Waals surface area contributed by atoms with Crippen LogP contribution >= 0.6 is 0 Å². The minimum Gasteiger partial charge on any atom is -0.455 e. The molecular formula is C24H17BN2O2. The van der Waals surface area contributed by atoms with Gasteiger partial charge in [0.05, 0.1) is 18.9 Å². The molecular weight excluding hydrogens is 359 g/mol. The number of hydrogen-bond donors (Lipinski definition) is 0. The van der Waals surface area contributed by atoms with Gasteiger partial charge in [0.1, 0.15) is 6.61 Å². The lowest BCUT2D eigenvalue weighted by Crippen LogP contribution is -2.14. The minimum atomic E-state index is -0.483. The second-order valence-electron chi connectivity index (χ2n) is 6.90. The van der Waals surface area contributed by atoms with Crippen molar-refractivity contribution in [2.24, 2.45) is 0 Å². The summed E-state index contributed by atoms with van der Waals surface area (Å²) in [5, 5.41) is 4.21. The van der Waals surface area contributed by atoms with Crippen LogP contribution in [-0.2, 0) is 17.8 Å². The van der Waals surface area contributed by atoms with Crippen LogP contribution in [0.15, 0.2) is 78.9 Å². The Hall–Kier alpha value is -3.60. The second kappa shape index (κ2) is 7.10. The molecule has 29 heavy (non-hydrogen) atoms. The number of aromatic nitrogens is 2. The first-order valence-electron chi connectivity index (χ1n) is 9.48. The van der Waals surface area contributed by atoms with E-state index in [0.29, 0.717) is 0 Å². The summed E-state index contributed by atoms with van der Waals surface area (Å²) in [6.07, 6.45) is 0.134. The van der Waals surface area contributed by atoms with Gasteiger partial charge in [0.15, 0.2) is 0 Å². The lowest BCUT2D eigenvalue weighted by Gasteiger charge is -2.10. The maximum atomic E-state index is 12.9. The lowest BCUT2D eigenvalue weighted by molar-refractivity contribution is 0.0454. The average molecular weight is 376 g/mol. The Morgan fingerprint density at radius 2 is 1.41 bits per heavy atom. The molecule has 0 saturated carbocycles. The quantitative estimate of drug-likeness (QED) is 0.257. The van der Waals surface area contributed by atoms with Gasteiger partial charge in [0.2, 0.25) is 5.82 Å². The van der Waals surface area contributed by atoms with E-state index in [1.807, 2.05) is 66.7 Å². The first-order valence-corrected chi connectivity index (χ1v) is 9.48. The van der Waals surface area contributed by atoms with E-state index in [1.165, 1.54) is 0 Å². The van der Waals surface area contributed by atoms with Crippen LogP contribution < -0.4 is 0 Å². The first-order chi connectivity index (χ1) is 14.3. The van der Waals surface area contributed by atoms with Gasteiger partial charge in [-0.3, -0.25) is 0 Å². The molecule has 0 aliphatic carbocycles. The van der Waals surface area contributed by atoms with E-state index in [0.717, 1.165) is 38.1 Å². The van der Waals surface area contributed by atoms with Crippen LogP contribution in [0.25, 0.3) is 32.6 Å². The van der Waals surface area contributed by atoms with Crippen LogP contribution in [-0.4, -0.2) is 23.4 Å². The van der Waals surface area contributed by atoms with Gasteiger partial charge in [-0.1, -0.05) is 78.9 Å². The van der Waals surface area contributed by atoms with Gasteiger partial charge in [-0.05, 0) is 22.8 Å². The zero-order valence-corrected chi connectivity index (χ0v) is 15.7. The van der Waals surface area contributed by atoms with Crippen LogP contribution in [0.2, 0.25) is 0 Å². The Kier molecular flexibility index (Phi) is 4.28. The van der Waals surface area contributed by atoms with Gasteiger partial charge in [-0.2, -0.15) is 0 Å². The maximum Gasteiger partial charge on any atom is 0.374 e. The Morgan fingerprint density at radius 1 is 0.828 bits per heavy atom. The zero-order valence-electron chi connectivity index (χ0n) is 15.7. The Labute approximate surface area is 169 Å². The molecule has 1 aromatic heterocycles. The van der Waals surface area contributed by atoms with Crippen molar-refractivity contribution in [2.75, 3.05) is 0 Å². The predicted molar refractivity (Wildman–Crippen MR) is 116 cm³/mol. The summed E-state index contributed by atoms with van der Waals surface area (Å²) in [6.45, 7) is 0.189. The molecule has 0 unspecified atom stereocenters. The van der Waals surface area contributed by atoms with Gasteiger partial charge in [0, 0.05) is 10.8 Å². The molecule has 0 amide bonds. The zero-order chi connectivity index (χ0) is 19.8. The van der Waals surface area contributed by atoms with Crippen molar-refractivity contribution in [3.05, 3.63) is 90.3 Å². The third-order valence-corrected chi connectivity index (χ3v) is 5.20. The highest BCUT2D eigenvalue weighted by Gasteiger charge is 2.22. The monoisotopic (exact) mass is 376 g/mol. The molecule has 2 radical (unpaired) electrons. The first kappa shape index (κ1) is 17.5. The van der Waals surface area contributed by atoms with Crippen molar-refractivity contribution in [3.63, 3.8) is 0 Å². The summed E-state index contributed by atoms with van der Waals surface area (Å²) in [5.74, 6) is -0.261. The highest BCUT2D eigenvalue weighted by atomic mass is 16.5. The predicted octanol–water partition coefficient (Wildman–Crippen LogP) is 4.83. The molecule has 0 fully saturated rings. The minimum absolute atomic E-state index is 0.134. The number of benzene rings is 4. The average Bonchev–Trinajstić information content (AvgIpc) is 3.18. The van der Waals surface area contributed by atoms with Crippen LogP contribution in [0.4, 0.5) is 0 Å².